The lowest BCUT2D eigenvalue weighted by atomic mass is 10.0. The van der Waals surface area contributed by atoms with Crippen LogP contribution in [0, 0.1) is 13.8 Å². The number of amides is 2. The van der Waals surface area contributed by atoms with Crippen molar-refractivity contribution in [3.8, 4) is 0 Å². The lowest BCUT2D eigenvalue weighted by Gasteiger charge is -2.33. The summed E-state index contributed by atoms with van der Waals surface area (Å²) in [5, 5.41) is 2.99. The van der Waals surface area contributed by atoms with Crippen molar-refractivity contribution in [1.82, 2.24) is 10.2 Å². The molecule has 0 radical (unpaired) electrons. The van der Waals surface area contributed by atoms with Gasteiger partial charge in [-0.25, -0.2) is 8.42 Å². The Morgan fingerprint density at radius 1 is 0.846 bits per heavy atom. The summed E-state index contributed by atoms with van der Waals surface area (Å²) in [4.78, 5) is 29.1. The van der Waals surface area contributed by atoms with E-state index in [1.54, 1.807) is 24.3 Å². The van der Waals surface area contributed by atoms with Crippen molar-refractivity contribution in [2.75, 3.05) is 23.7 Å². The average molecular weight is 550 g/mol. The van der Waals surface area contributed by atoms with Crippen molar-refractivity contribution in [3.63, 3.8) is 0 Å². The van der Waals surface area contributed by atoms with E-state index in [1.165, 1.54) is 4.90 Å². The Bertz CT molecular complexity index is 1320. The predicted molar refractivity (Wildman–Crippen MR) is 157 cm³/mol. The number of rotatable bonds is 13. The van der Waals surface area contributed by atoms with Gasteiger partial charge in [0.05, 0.1) is 11.9 Å². The number of anilines is 1. The number of hydrogen-bond donors (Lipinski definition) is 1. The number of benzene rings is 3. The SMILES string of the molecule is CCCCNC(=O)[C@@H](Cc1ccccc1)N(Cc1ccc(C)cc1)C(=O)CN(c1ccc(C)cc1)S(C)(=O)=O. The van der Waals surface area contributed by atoms with Gasteiger partial charge in [0, 0.05) is 19.5 Å². The molecule has 7 nitrogen and oxygen atoms in total. The standard InChI is InChI=1S/C31H39N3O4S/c1-5-6-20-32-31(36)29(21-26-10-8-7-9-11-26)33(22-27-16-12-24(2)13-17-27)30(35)23-34(39(4,37)38)28-18-14-25(3)15-19-28/h7-19,29H,5-6,20-23H2,1-4H3,(H,32,36)/t29-/m1/s1. The molecule has 0 unspecified atom stereocenters. The molecule has 3 aromatic rings. The monoisotopic (exact) mass is 549 g/mol. The predicted octanol–water partition coefficient (Wildman–Crippen LogP) is 4.63. The highest BCUT2D eigenvalue weighted by molar-refractivity contribution is 7.92. The van der Waals surface area contributed by atoms with Gasteiger partial charge in [0.15, 0.2) is 0 Å². The summed E-state index contributed by atoms with van der Waals surface area (Å²) >= 11 is 0. The molecule has 2 amide bonds. The van der Waals surface area contributed by atoms with Crippen molar-refractivity contribution >= 4 is 27.5 Å². The summed E-state index contributed by atoms with van der Waals surface area (Å²) < 4.78 is 26.7. The summed E-state index contributed by atoms with van der Waals surface area (Å²) in [5.41, 5.74) is 4.23. The second kappa shape index (κ2) is 13.9. The Balaban J connectivity index is 2.01. The number of unbranched alkanes of at least 4 members (excludes halogenated alkanes) is 1. The van der Waals surface area contributed by atoms with Gasteiger partial charge < -0.3 is 10.2 Å². The third-order valence-corrected chi connectivity index (χ3v) is 7.72. The quantitative estimate of drug-likeness (QED) is 0.315. The number of carbonyl (C=O) groups is 2. The molecule has 0 aromatic heterocycles. The molecule has 0 heterocycles. The van der Waals surface area contributed by atoms with Gasteiger partial charge in [-0.1, -0.05) is 91.2 Å². The van der Waals surface area contributed by atoms with E-state index in [2.05, 4.69) is 5.32 Å². The minimum Gasteiger partial charge on any atom is -0.354 e. The number of sulfonamides is 1. The number of nitrogens with zero attached hydrogens (tertiary/aromatic N) is 2. The first kappa shape index (κ1) is 29.9. The van der Waals surface area contributed by atoms with Crippen LogP contribution in [0.5, 0.6) is 0 Å². The molecule has 0 spiro atoms. The molecule has 0 fully saturated rings. The summed E-state index contributed by atoms with van der Waals surface area (Å²) in [6.45, 7) is 6.20. The topological polar surface area (TPSA) is 86.8 Å². The minimum atomic E-state index is -3.77. The second-order valence-electron chi connectivity index (χ2n) is 9.96. The molecule has 0 saturated carbocycles. The van der Waals surface area contributed by atoms with Gasteiger partial charge in [0.25, 0.3) is 0 Å². The first-order chi connectivity index (χ1) is 18.6. The first-order valence-electron chi connectivity index (χ1n) is 13.3. The van der Waals surface area contributed by atoms with Crippen LogP contribution in [-0.2, 0) is 32.6 Å². The first-order valence-corrected chi connectivity index (χ1v) is 15.1. The Morgan fingerprint density at radius 2 is 1.44 bits per heavy atom. The number of carbonyl (C=O) groups excluding carboxylic acids is 2. The highest BCUT2D eigenvalue weighted by atomic mass is 32.2. The fourth-order valence-electron chi connectivity index (χ4n) is 4.28. The van der Waals surface area contributed by atoms with Crippen LogP contribution in [0.1, 0.15) is 42.0 Å². The zero-order valence-electron chi connectivity index (χ0n) is 23.3. The highest BCUT2D eigenvalue weighted by Crippen LogP contribution is 2.21. The van der Waals surface area contributed by atoms with Gasteiger partial charge in [-0.3, -0.25) is 13.9 Å². The van der Waals surface area contributed by atoms with E-state index < -0.39 is 28.5 Å². The molecule has 3 rings (SSSR count). The summed E-state index contributed by atoms with van der Waals surface area (Å²) in [5.74, 6) is -0.706. The van der Waals surface area contributed by atoms with Crippen LogP contribution in [0.15, 0.2) is 78.9 Å². The van der Waals surface area contributed by atoms with Crippen molar-refractivity contribution in [2.24, 2.45) is 0 Å². The smallest absolute Gasteiger partial charge is 0.244 e. The van der Waals surface area contributed by atoms with E-state index in [0.717, 1.165) is 45.7 Å². The molecule has 0 saturated heterocycles. The maximum absolute atomic E-state index is 14.0. The normalized spacial score (nSPS) is 12.0. The van der Waals surface area contributed by atoms with Gasteiger partial charge >= 0.3 is 0 Å². The zero-order chi connectivity index (χ0) is 28.4. The van der Waals surface area contributed by atoms with Gasteiger partial charge in [-0.15, -0.1) is 0 Å². The van der Waals surface area contributed by atoms with E-state index in [4.69, 9.17) is 0 Å². The molecular weight excluding hydrogens is 510 g/mol. The van der Waals surface area contributed by atoms with Gasteiger partial charge in [-0.05, 0) is 43.5 Å². The third-order valence-electron chi connectivity index (χ3n) is 6.58. The third kappa shape index (κ3) is 8.96. The number of nitrogens with one attached hydrogen (secondary N) is 1. The second-order valence-corrected chi connectivity index (χ2v) is 11.9. The van der Waals surface area contributed by atoms with Gasteiger partial charge in [-0.2, -0.15) is 0 Å². The summed E-state index contributed by atoms with van der Waals surface area (Å²) in [7, 11) is -3.77. The van der Waals surface area contributed by atoms with Crippen molar-refractivity contribution in [3.05, 3.63) is 101 Å². The summed E-state index contributed by atoms with van der Waals surface area (Å²) in [6, 6.07) is 23.5. The molecule has 0 aliphatic heterocycles. The Morgan fingerprint density at radius 3 is 2.00 bits per heavy atom. The molecule has 1 N–H and O–H groups in total. The van der Waals surface area contributed by atoms with Crippen LogP contribution >= 0.6 is 0 Å². The van der Waals surface area contributed by atoms with Crippen molar-refractivity contribution in [1.29, 1.82) is 0 Å². The molecule has 39 heavy (non-hydrogen) atoms. The van der Waals surface area contributed by atoms with E-state index >= 15 is 0 Å². The Kier molecular flexibility index (Phi) is 10.7. The van der Waals surface area contributed by atoms with Crippen LogP contribution in [-0.4, -0.2) is 50.5 Å². The Hall–Kier alpha value is -3.65. The lowest BCUT2D eigenvalue weighted by Crippen LogP contribution is -2.53. The van der Waals surface area contributed by atoms with Gasteiger partial charge in [0.1, 0.15) is 12.6 Å². The molecule has 8 heteroatoms. The maximum Gasteiger partial charge on any atom is 0.244 e. The average Bonchev–Trinajstić information content (AvgIpc) is 2.91. The fraction of sp³-hybridized carbons (Fsp3) is 0.355. The van der Waals surface area contributed by atoms with E-state index in [-0.39, 0.29) is 12.5 Å². The molecule has 3 aromatic carbocycles. The fourth-order valence-corrected chi connectivity index (χ4v) is 5.12. The largest absolute Gasteiger partial charge is 0.354 e. The maximum atomic E-state index is 14.0. The molecule has 1 atom stereocenters. The van der Waals surface area contributed by atoms with Crippen LogP contribution in [0.2, 0.25) is 0 Å². The van der Waals surface area contributed by atoms with Gasteiger partial charge in [0.2, 0.25) is 21.8 Å². The highest BCUT2D eigenvalue weighted by Gasteiger charge is 2.32. The van der Waals surface area contributed by atoms with E-state index in [1.807, 2.05) is 75.4 Å². The zero-order valence-corrected chi connectivity index (χ0v) is 24.1. The number of aryl methyl sites for hydroxylation is 2. The van der Waals surface area contributed by atoms with E-state index in [9.17, 15) is 18.0 Å². The summed E-state index contributed by atoms with van der Waals surface area (Å²) in [6.07, 6.45) is 3.14. The minimum absolute atomic E-state index is 0.170. The van der Waals surface area contributed by atoms with Crippen LogP contribution in [0.4, 0.5) is 5.69 Å². The lowest BCUT2D eigenvalue weighted by molar-refractivity contribution is -0.140. The van der Waals surface area contributed by atoms with Crippen LogP contribution in [0.25, 0.3) is 0 Å². The van der Waals surface area contributed by atoms with Crippen LogP contribution in [0.3, 0.4) is 0 Å². The van der Waals surface area contributed by atoms with E-state index in [0.29, 0.717) is 18.7 Å². The van der Waals surface area contributed by atoms with Crippen molar-refractivity contribution < 1.29 is 18.0 Å². The number of hydrogen-bond acceptors (Lipinski definition) is 4. The van der Waals surface area contributed by atoms with Crippen LogP contribution < -0.4 is 9.62 Å². The molecule has 0 aliphatic rings. The van der Waals surface area contributed by atoms with Crippen molar-refractivity contribution in [2.45, 2.75) is 52.6 Å². The molecule has 208 valence electrons. The molecule has 0 bridgehead atoms. The Labute approximate surface area is 232 Å². The molecular formula is C31H39N3O4S. The molecule has 0 aliphatic carbocycles.